The molecule has 8 heteroatoms. The second-order valence-corrected chi connectivity index (χ2v) is 23.3. The second-order valence-electron chi connectivity index (χ2n) is 21.3. The van der Waals surface area contributed by atoms with Crippen LogP contribution >= 0.6 is 11.6 Å². The van der Waals surface area contributed by atoms with E-state index in [9.17, 15) is 9.90 Å². The minimum atomic E-state index is -0.820. The highest BCUT2D eigenvalue weighted by atomic mass is 35.5. The van der Waals surface area contributed by atoms with Crippen LogP contribution in [0.4, 0.5) is 0 Å². The molecule has 4 saturated carbocycles. The van der Waals surface area contributed by atoms with Gasteiger partial charge in [0.2, 0.25) is 5.88 Å². The summed E-state index contributed by atoms with van der Waals surface area (Å²) in [4.78, 5) is 19.8. The van der Waals surface area contributed by atoms with Gasteiger partial charge in [0.05, 0.1) is 12.0 Å². The number of rotatable bonds is 11. The molecule has 0 spiro atoms. The Balaban J connectivity index is 1.000. The number of allylic oxidation sites excluding steroid dienone is 5. The average molecular weight is 815 g/mol. The summed E-state index contributed by atoms with van der Waals surface area (Å²) in [6.45, 7) is 25.5. The molecular weight excluding hydrogens is 742 g/mol. The third-order valence-corrected chi connectivity index (χ3v) is 20.1. The van der Waals surface area contributed by atoms with Crippen LogP contribution in [0.15, 0.2) is 53.8 Å². The fourth-order valence-electron chi connectivity index (χ4n) is 15.5. The van der Waals surface area contributed by atoms with Crippen molar-refractivity contribution in [2.45, 2.75) is 143 Å². The quantitative estimate of drug-likeness (QED) is 0.171. The van der Waals surface area contributed by atoms with Gasteiger partial charge >= 0.3 is 5.97 Å². The number of nitrogens with zero attached hydrogens (tertiary/aromatic N) is 2. The Bertz CT molecular complexity index is 1770. The normalized spacial score (nSPS) is 41.4. The molecule has 57 heavy (non-hydrogen) atoms. The Hall–Kier alpha value is -1.93. The highest BCUT2D eigenvalue weighted by Crippen LogP contribution is 2.76. The molecule has 2 radical (unpaired) electrons. The van der Waals surface area contributed by atoms with E-state index in [4.69, 9.17) is 16.3 Å². The van der Waals surface area contributed by atoms with Gasteiger partial charge in [0, 0.05) is 45.4 Å². The van der Waals surface area contributed by atoms with Crippen molar-refractivity contribution in [3.05, 3.63) is 58.8 Å². The number of fused-ring (bicyclic) bond motifs is 7. The van der Waals surface area contributed by atoms with Crippen LogP contribution < -0.4 is 10.1 Å². The molecule has 6 nitrogen and oxygen atoms in total. The molecule has 2 heterocycles. The number of hydrogen-bond donors (Lipinski definition) is 2. The van der Waals surface area contributed by atoms with Gasteiger partial charge in [0.25, 0.3) is 0 Å². The van der Waals surface area contributed by atoms with Gasteiger partial charge in [-0.15, -0.1) is 0 Å². The van der Waals surface area contributed by atoms with E-state index in [2.05, 4.69) is 75.5 Å². The van der Waals surface area contributed by atoms with Gasteiger partial charge < -0.3 is 20.1 Å². The van der Waals surface area contributed by atoms with Gasteiger partial charge in [-0.05, 0) is 184 Å². The summed E-state index contributed by atoms with van der Waals surface area (Å²) >= 11 is 6.12. The first-order valence-electron chi connectivity index (χ1n) is 22.8. The minimum absolute atomic E-state index is 0.0411. The number of aromatic nitrogens is 1. The van der Waals surface area contributed by atoms with Crippen molar-refractivity contribution in [1.82, 2.24) is 15.2 Å². The molecule has 1 aromatic heterocycles. The number of halogens is 1. The number of nitrogens with one attached hydrogen (secondary N) is 1. The van der Waals surface area contributed by atoms with E-state index in [1.165, 1.54) is 109 Å². The molecule has 0 amide bonds. The minimum Gasteiger partial charge on any atom is -0.481 e. The Morgan fingerprint density at radius 1 is 1.00 bits per heavy atom. The zero-order valence-electron chi connectivity index (χ0n) is 36.2. The van der Waals surface area contributed by atoms with E-state index in [1.54, 1.807) is 18.3 Å². The molecule has 312 valence electrons. The molecule has 0 bridgehead atoms. The van der Waals surface area contributed by atoms with Crippen molar-refractivity contribution in [2.75, 3.05) is 32.8 Å². The van der Waals surface area contributed by atoms with Gasteiger partial charge in [0.15, 0.2) is 0 Å². The highest BCUT2D eigenvalue weighted by Gasteiger charge is 2.70. The van der Waals surface area contributed by atoms with Crippen molar-refractivity contribution in [3.8, 4) is 5.88 Å². The Morgan fingerprint density at radius 2 is 1.79 bits per heavy atom. The van der Waals surface area contributed by atoms with E-state index in [0.717, 1.165) is 25.3 Å². The largest absolute Gasteiger partial charge is 0.481 e. The van der Waals surface area contributed by atoms with Crippen LogP contribution in [0.1, 0.15) is 125 Å². The lowest BCUT2D eigenvalue weighted by Crippen LogP contribution is -2.68. The summed E-state index contributed by atoms with van der Waals surface area (Å²) < 4.78 is 5.88. The van der Waals surface area contributed by atoms with E-state index >= 15 is 0 Å². The predicted octanol–water partition coefficient (Wildman–Crippen LogP) is 11.1. The predicted molar refractivity (Wildman–Crippen MR) is 234 cm³/mol. The molecule has 10 atom stereocenters. The van der Waals surface area contributed by atoms with Crippen LogP contribution in [0.5, 0.6) is 5.88 Å². The van der Waals surface area contributed by atoms with Gasteiger partial charge in [0.1, 0.15) is 0 Å². The topological polar surface area (TPSA) is 74.7 Å². The molecule has 1 saturated heterocycles. The number of pyridine rings is 1. The van der Waals surface area contributed by atoms with Crippen LogP contribution in [0.3, 0.4) is 0 Å². The third kappa shape index (κ3) is 6.96. The molecule has 1 aromatic rings. The molecule has 5 fully saturated rings. The van der Waals surface area contributed by atoms with Crippen molar-refractivity contribution >= 4 is 27.1 Å². The monoisotopic (exact) mass is 814 g/mol. The van der Waals surface area contributed by atoms with Crippen molar-refractivity contribution in [3.63, 3.8) is 0 Å². The molecule has 8 rings (SSSR count). The maximum absolute atomic E-state index is 12.8. The maximum Gasteiger partial charge on any atom is 0.310 e. The standard InChI is InChI=1S/C49H72ClN3O3Si/c1-33(2)36-12-20-49(52-25-26-53-27-30-57-31-28-53)22-21-46(6)38(42(36)49)8-9-40-45(5)16-13-37(44(3,4)39(45)14-17-47(40,46)7)34-10-18-48(19-11-34,43(54)55)23-29-56-41-32-35(50)15-24-51-41/h10,13,15,24,32,36,38-40,42,52H,1,8-9,11-12,14,16-23,25-31H2,2-7H3,(H,54,55)/t36-,38+,39-,40+,42+,45-,46+,47+,48?,49-/m0/s1. The smallest absolute Gasteiger partial charge is 0.310 e. The number of carboxylic acid groups (broad SMARTS) is 1. The van der Waals surface area contributed by atoms with Gasteiger partial charge in [-0.1, -0.05) is 70.5 Å². The Kier molecular flexibility index (Phi) is 11.4. The first-order valence-corrected chi connectivity index (χ1v) is 24.6. The number of ether oxygens (including phenoxy) is 1. The summed E-state index contributed by atoms with van der Waals surface area (Å²) in [6, 6.07) is 6.19. The van der Waals surface area contributed by atoms with E-state index < -0.39 is 11.4 Å². The molecule has 1 aliphatic heterocycles. The number of carbonyl (C=O) groups is 1. The molecular formula is C49H72ClN3O3Si. The summed E-state index contributed by atoms with van der Waals surface area (Å²) in [5.74, 6) is 3.13. The fourth-order valence-corrected chi connectivity index (χ4v) is 16.8. The van der Waals surface area contributed by atoms with Crippen LogP contribution in [0.25, 0.3) is 0 Å². The first-order chi connectivity index (χ1) is 27.1. The van der Waals surface area contributed by atoms with Gasteiger partial charge in [-0.2, -0.15) is 0 Å². The molecule has 2 N–H and O–H groups in total. The first kappa shape index (κ1) is 41.8. The Labute approximate surface area is 352 Å². The van der Waals surface area contributed by atoms with E-state index in [0.29, 0.717) is 71.3 Å². The SMILES string of the molecule is C=C(C)[C@@H]1CC[C@]2(NCCN3CC[Si]CC3)CC[C@]3(C)[C@H](CC[C@@H]4[C@@]5(C)CC=C(C6=CCC(CCOc7cc(Cl)ccn7)(C(=O)O)CC6)C(C)(C)[C@@H]5CC[C@]43C)[C@@H]12. The lowest BCUT2D eigenvalue weighted by Gasteiger charge is -2.72. The summed E-state index contributed by atoms with van der Waals surface area (Å²) in [5.41, 5.74) is 4.72. The molecule has 6 aliphatic carbocycles. The van der Waals surface area contributed by atoms with Crippen LogP contribution in [0, 0.1) is 56.7 Å². The molecule has 1 unspecified atom stereocenters. The number of aliphatic carboxylic acids is 1. The van der Waals surface area contributed by atoms with E-state index in [1.807, 2.05) is 0 Å². The maximum atomic E-state index is 12.8. The zero-order valence-corrected chi connectivity index (χ0v) is 37.9. The average Bonchev–Trinajstić information content (AvgIpc) is 3.56. The fraction of sp³-hybridized carbons (Fsp3) is 0.755. The van der Waals surface area contributed by atoms with Crippen LogP contribution in [-0.4, -0.2) is 68.8 Å². The lowest BCUT2D eigenvalue weighted by molar-refractivity contribution is -0.221. The third-order valence-electron chi connectivity index (χ3n) is 18.7. The lowest BCUT2D eigenvalue weighted by atomic mass is 9.33. The zero-order chi connectivity index (χ0) is 40.4. The van der Waals surface area contributed by atoms with E-state index in [-0.39, 0.29) is 16.4 Å². The van der Waals surface area contributed by atoms with Crippen LogP contribution in [0.2, 0.25) is 17.1 Å². The number of carboxylic acids is 1. The number of hydrogen-bond acceptors (Lipinski definition) is 5. The van der Waals surface area contributed by atoms with Gasteiger partial charge in [-0.3, -0.25) is 4.79 Å². The van der Waals surface area contributed by atoms with Gasteiger partial charge in [-0.25, -0.2) is 4.98 Å². The summed E-state index contributed by atoms with van der Waals surface area (Å²) in [5, 5.41) is 15.4. The van der Waals surface area contributed by atoms with Crippen LogP contribution in [-0.2, 0) is 4.79 Å². The second kappa shape index (κ2) is 15.5. The molecule has 7 aliphatic rings. The van der Waals surface area contributed by atoms with Crippen molar-refractivity contribution < 1.29 is 14.6 Å². The summed E-state index contributed by atoms with van der Waals surface area (Å²) in [6.07, 6.45) is 20.7. The molecule has 0 aromatic carbocycles. The highest BCUT2D eigenvalue weighted by molar-refractivity contribution is 6.35. The summed E-state index contributed by atoms with van der Waals surface area (Å²) in [7, 11) is 1.17. The van der Waals surface area contributed by atoms with Crippen molar-refractivity contribution in [1.29, 1.82) is 0 Å². The van der Waals surface area contributed by atoms with Crippen molar-refractivity contribution in [2.24, 2.45) is 56.7 Å². The Morgan fingerprint density at radius 3 is 2.49 bits per heavy atom.